The van der Waals surface area contributed by atoms with Gasteiger partial charge in [-0.05, 0) is 42.0 Å². The minimum absolute atomic E-state index is 0.901. The summed E-state index contributed by atoms with van der Waals surface area (Å²) in [5.74, 6) is 0. The number of aryl methyl sites for hydroxylation is 3. The maximum absolute atomic E-state index is 5.93. The molecule has 0 atom stereocenters. The first kappa shape index (κ1) is 15.3. The van der Waals surface area contributed by atoms with Crippen LogP contribution in [0, 0.1) is 0 Å². The lowest BCUT2D eigenvalue weighted by atomic mass is 10.0. The van der Waals surface area contributed by atoms with Crippen LogP contribution in [0.5, 0.6) is 0 Å². The lowest BCUT2D eigenvalue weighted by molar-refractivity contribution is 0.960. The molecule has 0 heterocycles. The van der Waals surface area contributed by atoms with E-state index in [2.05, 4.69) is 37.3 Å². The van der Waals surface area contributed by atoms with Crippen molar-refractivity contribution in [1.29, 1.82) is 0 Å². The van der Waals surface area contributed by atoms with Gasteiger partial charge in [0.2, 0.25) is 0 Å². The number of rotatable bonds is 4. The molecule has 0 spiro atoms. The van der Waals surface area contributed by atoms with Gasteiger partial charge in [-0.15, -0.1) is 0 Å². The van der Waals surface area contributed by atoms with Crippen LogP contribution in [0.1, 0.15) is 37.5 Å². The molecule has 0 aromatic heterocycles. The van der Waals surface area contributed by atoms with Crippen LogP contribution < -0.4 is 5.73 Å². The molecule has 0 saturated heterocycles. The highest BCUT2D eigenvalue weighted by atomic mass is 14.6. The zero-order valence-corrected chi connectivity index (χ0v) is 12.3. The Labute approximate surface area is 117 Å². The molecule has 2 N–H and O–H groups in total. The molecule has 19 heavy (non-hydrogen) atoms. The van der Waals surface area contributed by atoms with E-state index in [1.165, 1.54) is 16.7 Å². The Balaban J connectivity index is 0.000000861. The summed E-state index contributed by atoms with van der Waals surface area (Å²) >= 11 is 0. The number of benzene rings is 2. The van der Waals surface area contributed by atoms with E-state index in [-0.39, 0.29) is 0 Å². The van der Waals surface area contributed by atoms with Gasteiger partial charge in [0.25, 0.3) is 0 Å². The number of para-hydroxylation sites is 1. The minimum atomic E-state index is 0.901. The van der Waals surface area contributed by atoms with Gasteiger partial charge in [0.05, 0.1) is 0 Å². The molecule has 0 bridgehead atoms. The molecular weight excluding hydrogens is 230 g/mol. The molecule has 2 rings (SSSR count). The molecule has 0 saturated carbocycles. The summed E-state index contributed by atoms with van der Waals surface area (Å²) < 4.78 is 0. The topological polar surface area (TPSA) is 26.0 Å². The highest BCUT2D eigenvalue weighted by Crippen LogP contribution is 2.14. The Hall–Kier alpha value is -1.76. The van der Waals surface area contributed by atoms with Crippen LogP contribution in [0.4, 0.5) is 5.69 Å². The first-order valence-electron chi connectivity index (χ1n) is 7.21. The van der Waals surface area contributed by atoms with Gasteiger partial charge in [0, 0.05) is 5.69 Å². The SMILES string of the molecule is CC.CCc1ccc(CCc2ccccc2N)cc1. The Morgan fingerprint density at radius 1 is 0.789 bits per heavy atom. The normalized spacial score (nSPS) is 9.63. The monoisotopic (exact) mass is 255 g/mol. The van der Waals surface area contributed by atoms with Crippen LogP contribution in [-0.2, 0) is 19.3 Å². The zero-order valence-electron chi connectivity index (χ0n) is 12.3. The van der Waals surface area contributed by atoms with Crippen LogP contribution in [0.2, 0.25) is 0 Å². The third-order valence-electron chi connectivity index (χ3n) is 3.17. The van der Waals surface area contributed by atoms with Crippen LogP contribution in [0.3, 0.4) is 0 Å². The molecule has 0 unspecified atom stereocenters. The van der Waals surface area contributed by atoms with Crippen LogP contribution in [0.15, 0.2) is 48.5 Å². The number of anilines is 1. The molecule has 0 radical (unpaired) electrons. The second-order valence-corrected chi connectivity index (χ2v) is 4.37. The molecule has 1 nitrogen and oxygen atoms in total. The standard InChI is InChI=1S/C16H19N.C2H6/c1-2-13-7-9-14(10-8-13)11-12-15-5-3-4-6-16(15)17;1-2/h3-10H,2,11-12,17H2,1H3;1-2H3. The van der Waals surface area contributed by atoms with Gasteiger partial charge >= 0.3 is 0 Å². The second-order valence-electron chi connectivity index (χ2n) is 4.37. The van der Waals surface area contributed by atoms with Gasteiger partial charge in [0.1, 0.15) is 0 Å². The fraction of sp³-hybridized carbons (Fsp3) is 0.333. The molecule has 0 aliphatic rings. The predicted octanol–water partition coefficient (Wildman–Crippen LogP) is 4.64. The molecule has 2 aromatic carbocycles. The predicted molar refractivity (Wildman–Crippen MR) is 85.4 cm³/mol. The lowest BCUT2D eigenvalue weighted by Gasteiger charge is -2.06. The summed E-state index contributed by atoms with van der Waals surface area (Å²) in [5.41, 5.74) is 10.8. The average molecular weight is 255 g/mol. The number of hydrogen-bond acceptors (Lipinski definition) is 1. The van der Waals surface area contributed by atoms with Crippen molar-refractivity contribution >= 4 is 5.69 Å². The second kappa shape index (κ2) is 8.36. The molecule has 102 valence electrons. The van der Waals surface area contributed by atoms with E-state index in [1.807, 2.05) is 32.0 Å². The van der Waals surface area contributed by atoms with Crippen molar-refractivity contribution in [3.63, 3.8) is 0 Å². The third-order valence-corrected chi connectivity index (χ3v) is 3.17. The molecular formula is C18H25N. The van der Waals surface area contributed by atoms with Crippen molar-refractivity contribution in [3.05, 3.63) is 65.2 Å². The van der Waals surface area contributed by atoms with E-state index in [9.17, 15) is 0 Å². The Bertz CT molecular complexity index is 471. The van der Waals surface area contributed by atoms with Crippen molar-refractivity contribution in [2.45, 2.75) is 40.0 Å². The quantitative estimate of drug-likeness (QED) is 0.791. The Kier molecular flexibility index (Phi) is 6.73. The molecule has 0 fully saturated rings. The average Bonchev–Trinajstić information content (AvgIpc) is 2.49. The van der Waals surface area contributed by atoms with Crippen LogP contribution in [0.25, 0.3) is 0 Å². The van der Waals surface area contributed by atoms with Crippen molar-refractivity contribution in [1.82, 2.24) is 0 Å². The number of hydrogen-bond donors (Lipinski definition) is 1. The van der Waals surface area contributed by atoms with E-state index in [1.54, 1.807) is 0 Å². The maximum atomic E-state index is 5.93. The first-order chi connectivity index (χ1) is 9.29. The Morgan fingerprint density at radius 2 is 1.37 bits per heavy atom. The van der Waals surface area contributed by atoms with Gasteiger partial charge in [-0.3, -0.25) is 0 Å². The fourth-order valence-electron chi connectivity index (χ4n) is 1.98. The molecule has 0 aliphatic carbocycles. The van der Waals surface area contributed by atoms with Gasteiger partial charge in [-0.1, -0.05) is 63.2 Å². The largest absolute Gasteiger partial charge is 0.399 e. The molecule has 0 amide bonds. The van der Waals surface area contributed by atoms with Crippen molar-refractivity contribution < 1.29 is 0 Å². The van der Waals surface area contributed by atoms with Gasteiger partial charge in [0.15, 0.2) is 0 Å². The van der Waals surface area contributed by atoms with Gasteiger partial charge < -0.3 is 5.73 Å². The lowest BCUT2D eigenvalue weighted by Crippen LogP contribution is -1.96. The molecule has 0 aliphatic heterocycles. The van der Waals surface area contributed by atoms with E-state index in [0.717, 1.165) is 24.9 Å². The van der Waals surface area contributed by atoms with E-state index < -0.39 is 0 Å². The summed E-state index contributed by atoms with van der Waals surface area (Å²) in [6, 6.07) is 17.0. The smallest absolute Gasteiger partial charge is 0.0346 e. The number of nitrogens with two attached hydrogens (primary N) is 1. The number of nitrogen functional groups attached to an aromatic ring is 1. The Morgan fingerprint density at radius 3 is 1.95 bits per heavy atom. The molecule has 1 heteroatoms. The summed E-state index contributed by atoms with van der Waals surface area (Å²) in [5, 5.41) is 0. The van der Waals surface area contributed by atoms with Crippen LogP contribution >= 0.6 is 0 Å². The van der Waals surface area contributed by atoms with Gasteiger partial charge in [-0.2, -0.15) is 0 Å². The van der Waals surface area contributed by atoms with Crippen LogP contribution in [-0.4, -0.2) is 0 Å². The van der Waals surface area contributed by atoms with E-state index in [0.29, 0.717) is 0 Å². The summed E-state index contributed by atoms with van der Waals surface area (Å²) in [6.45, 7) is 6.18. The third kappa shape index (κ3) is 4.78. The minimum Gasteiger partial charge on any atom is -0.399 e. The summed E-state index contributed by atoms with van der Waals surface area (Å²) in [6.07, 6.45) is 3.17. The maximum Gasteiger partial charge on any atom is 0.0346 e. The first-order valence-corrected chi connectivity index (χ1v) is 7.21. The fourth-order valence-corrected chi connectivity index (χ4v) is 1.98. The highest BCUT2D eigenvalue weighted by molar-refractivity contribution is 5.46. The van der Waals surface area contributed by atoms with Crippen molar-refractivity contribution in [2.75, 3.05) is 5.73 Å². The van der Waals surface area contributed by atoms with Crippen molar-refractivity contribution in [3.8, 4) is 0 Å². The zero-order chi connectivity index (χ0) is 14.1. The molecule has 2 aromatic rings. The summed E-state index contributed by atoms with van der Waals surface area (Å²) in [4.78, 5) is 0. The van der Waals surface area contributed by atoms with E-state index in [4.69, 9.17) is 5.73 Å². The van der Waals surface area contributed by atoms with Gasteiger partial charge in [-0.25, -0.2) is 0 Å². The van der Waals surface area contributed by atoms with Crippen molar-refractivity contribution in [2.24, 2.45) is 0 Å². The van der Waals surface area contributed by atoms with E-state index >= 15 is 0 Å². The summed E-state index contributed by atoms with van der Waals surface area (Å²) in [7, 11) is 0. The highest BCUT2D eigenvalue weighted by Gasteiger charge is 1.99.